The predicted octanol–water partition coefficient (Wildman–Crippen LogP) is 0.927. The van der Waals surface area contributed by atoms with Crippen LogP contribution >= 0.6 is 0 Å². The molecule has 10 heavy (non-hydrogen) atoms. The first-order valence-corrected chi connectivity index (χ1v) is 3.04. The minimum absolute atomic E-state index is 0.496. The Morgan fingerprint density at radius 1 is 1.70 bits per heavy atom. The van der Waals surface area contributed by atoms with E-state index in [1.165, 1.54) is 0 Å². The molecule has 1 radical (unpaired) electrons. The SMILES string of the molecule is C#Cc1cc[c]c(CN)c1. The predicted molar refractivity (Wildman–Crippen MR) is 41.1 cm³/mol. The summed E-state index contributed by atoms with van der Waals surface area (Å²) < 4.78 is 0. The highest BCUT2D eigenvalue weighted by Crippen LogP contribution is 2.01. The van der Waals surface area contributed by atoms with Crippen molar-refractivity contribution in [2.45, 2.75) is 6.54 Å². The fourth-order valence-electron chi connectivity index (χ4n) is 0.724. The minimum Gasteiger partial charge on any atom is -0.326 e. The fraction of sp³-hybridized carbons (Fsp3) is 0.111. The van der Waals surface area contributed by atoms with Crippen LogP contribution in [0.1, 0.15) is 11.1 Å². The summed E-state index contributed by atoms with van der Waals surface area (Å²) in [6.07, 6.45) is 5.17. The van der Waals surface area contributed by atoms with Crippen LogP contribution in [-0.4, -0.2) is 0 Å². The molecule has 0 aliphatic carbocycles. The van der Waals surface area contributed by atoms with Crippen molar-refractivity contribution in [3.63, 3.8) is 0 Å². The number of benzene rings is 1. The highest BCUT2D eigenvalue weighted by Gasteiger charge is 1.88. The fourth-order valence-corrected chi connectivity index (χ4v) is 0.724. The van der Waals surface area contributed by atoms with Gasteiger partial charge in [-0.25, -0.2) is 0 Å². The van der Waals surface area contributed by atoms with E-state index in [9.17, 15) is 0 Å². The largest absolute Gasteiger partial charge is 0.326 e. The molecule has 1 aromatic carbocycles. The van der Waals surface area contributed by atoms with Gasteiger partial charge in [-0.1, -0.05) is 12.0 Å². The highest BCUT2D eigenvalue weighted by atomic mass is 14.5. The Morgan fingerprint density at radius 2 is 2.50 bits per heavy atom. The van der Waals surface area contributed by atoms with Crippen molar-refractivity contribution >= 4 is 0 Å². The third-order valence-electron chi connectivity index (χ3n) is 1.25. The van der Waals surface area contributed by atoms with Crippen LogP contribution in [0.25, 0.3) is 0 Å². The zero-order chi connectivity index (χ0) is 7.40. The molecule has 1 aromatic rings. The van der Waals surface area contributed by atoms with Crippen molar-refractivity contribution in [3.05, 3.63) is 35.4 Å². The lowest BCUT2D eigenvalue weighted by Crippen LogP contribution is -1.95. The van der Waals surface area contributed by atoms with Crippen LogP contribution in [0.15, 0.2) is 18.2 Å². The number of terminal acetylenes is 1. The molecule has 0 fully saturated rings. The van der Waals surface area contributed by atoms with Gasteiger partial charge in [0, 0.05) is 12.1 Å². The van der Waals surface area contributed by atoms with Gasteiger partial charge in [-0.3, -0.25) is 0 Å². The maximum Gasteiger partial charge on any atom is 0.0246 e. The lowest BCUT2D eigenvalue weighted by atomic mass is 10.1. The van der Waals surface area contributed by atoms with Crippen molar-refractivity contribution in [2.24, 2.45) is 5.73 Å². The van der Waals surface area contributed by atoms with Crippen LogP contribution < -0.4 is 5.73 Å². The third kappa shape index (κ3) is 1.37. The van der Waals surface area contributed by atoms with E-state index in [2.05, 4.69) is 12.0 Å². The molecule has 1 nitrogen and oxygen atoms in total. The van der Waals surface area contributed by atoms with Crippen LogP contribution in [0.3, 0.4) is 0 Å². The Labute approximate surface area is 60.9 Å². The second kappa shape index (κ2) is 3.05. The van der Waals surface area contributed by atoms with E-state index in [1.54, 1.807) is 6.07 Å². The van der Waals surface area contributed by atoms with Gasteiger partial charge in [0.1, 0.15) is 0 Å². The van der Waals surface area contributed by atoms with E-state index in [4.69, 9.17) is 12.2 Å². The molecule has 0 unspecified atom stereocenters. The molecular weight excluding hydrogens is 122 g/mol. The quantitative estimate of drug-likeness (QED) is 0.562. The molecule has 0 heterocycles. The molecule has 0 aliphatic rings. The average Bonchev–Trinajstić information content (AvgIpc) is 2.05. The van der Waals surface area contributed by atoms with E-state index in [0.29, 0.717) is 6.54 Å². The molecule has 1 heteroatoms. The molecule has 0 amide bonds. The molecule has 0 bridgehead atoms. The topological polar surface area (TPSA) is 26.0 Å². The van der Waals surface area contributed by atoms with Gasteiger partial charge in [0.05, 0.1) is 0 Å². The lowest BCUT2D eigenvalue weighted by Gasteiger charge is -1.94. The van der Waals surface area contributed by atoms with Gasteiger partial charge in [0.15, 0.2) is 0 Å². The van der Waals surface area contributed by atoms with Crippen LogP contribution in [0, 0.1) is 18.4 Å². The van der Waals surface area contributed by atoms with Crippen LogP contribution in [0.4, 0.5) is 0 Å². The standard InChI is InChI=1S/C9H8N/c1-2-8-4-3-5-9(6-8)7-10/h1,3-4,6H,7,10H2. The van der Waals surface area contributed by atoms with Crippen molar-refractivity contribution in [1.82, 2.24) is 0 Å². The molecule has 0 saturated carbocycles. The summed E-state index contributed by atoms with van der Waals surface area (Å²) in [6, 6.07) is 8.45. The molecule has 0 aliphatic heterocycles. The van der Waals surface area contributed by atoms with Gasteiger partial charge in [0.25, 0.3) is 0 Å². The van der Waals surface area contributed by atoms with Crippen molar-refractivity contribution in [1.29, 1.82) is 0 Å². The lowest BCUT2D eigenvalue weighted by molar-refractivity contribution is 1.07. The summed E-state index contributed by atoms with van der Waals surface area (Å²) in [4.78, 5) is 0. The second-order valence-electron chi connectivity index (χ2n) is 1.95. The minimum atomic E-state index is 0.496. The monoisotopic (exact) mass is 130 g/mol. The first-order valence-electron chi connectivity index (χ1n) is 3.04. The molecule has 0 aromatic heterocycles. The first-order chi connectivity index (χ1) is 4.86. The van der Waals surface area contributed by atoms with E-state index >= 15 is 0 Å². The van der Waals surface area contributed by atoms with E-state index in [-0.39, 0.29) is 0 Å². The zero-order valence-corrected chi connectivity index (χ0v) is 5.59. The Hall–Kier alpha value is -1.26. The summed E-state index contributed by atoms with van der Waals surface area (Å²) in [7, 11) is 0. The van der Waals surface area contributed by atoms with Gasteiger partial charge in [-0.2, -0.15) is 0 Å². The Kier molecular flexibility index (Phi) is 2.09. The molecule has 0 saturated heterocycles. The number of hydrogen-bond acceptors (Lipinski definition) is 1. The van der Waals surface area contributed by atoms with Gasteiger partial charge in [-0.15, -0.1) is 6.42 Å². The number of nitrogens with two attached hydrogens (primary N) is 1. The first kappa shape index (κ1) is 6.85. The van der Waals surface area contributed by atoms with Gasteiger partial charge in [0.2, 0.25) is 0 Å². The summed E-state index contributed by atoms with van der Waals surface area (Å²) in [6.45, 7) is 0.496. The summed E-state index contributed by atoms with van der Waals surface area (Å²) in [5.74, 6) is 2.53. The van der Waals surface area contributed by atoms with Crippen molar-refractivity contribution < 1.29 is 0 Å². The molecule has 1 rings (SSSR count). The molecule has 0 spiro atoms. The van der Waals surface area contributed by atoms with Gasteiger partial charge < -0.3 is 5.73 Å². The zero-order valence-electron chi connectivity index (χ0n) is 5.59. The number of rotatable bonds is 1. The maximum atomic E-state index is 5.37. The summed E-state index contributed by atoms with van der Waals surface area (Å²) >= 11 is 0. The summed E-state index contributed by atoms with van der Waals surface area (Å²) in [5, 5.41) is 0. The average molecular weight is 130 g/mol. The van der Waals surface area contributed by atoms with E-state index < -0.39 is 0 Å². The van der Waals surface area contributed by atoms with E-state index in [0.717, 1.165) is 11.1 Å². The van der Waals surface area contributed by atoms with E-state index in [1.807, 2.05) is 12.1 Å². The van der Waals surface area contributed by atoms with Crippen LogP contribution in [0.2, 0.25) is 0 Å². The molecule has 49 valence electrons. The maximum absolute atomic E-state index is 5.37. The highest BCUT2D eigenvalue weighted by molar-refractivity contribution is 5.34. The van der Waals surface area contributed by atoms with Crippen LogP contribution in [-0.2, 0) is 6.54 Å². The number of hydrogen-bond donors (Lipinski definition) is 1. The molecule has 2 N–H and O–H groups in total. The molecule has 0 atom stereocenters. The third-order valence-corrected chi connectivity index (χ3v) is 1.25. The van der Waals surface area contributed by atoms with Crippen molar-refractivity contribution in [2.75, 3.05) is 0 Å². The van der Waals surface area contributed by atoms with Gasteiger partial charge in [-0.05, 0) is 23.8 Å². The normalized spacial score (nSPS) is 8.80. The Balaban J connectivity index is 3.01. The van der Waals surface area contributed by atoms with Crippen LogP contribution in [0.5, 0.6) is 0 Å². The Morgan fingerprint density at radius 3 is 3.10 bits per heavy atom. The van der Waals surface area contributed by atoms with Gasteiger partial charge >= 0.3 is 0 Å². The second-order valence-corrected chi connectivity index (χ2v) is 1.95. The van der Waals surface area contributed by atoms with Crippen molar-refractivity contribution in [3.8, 4) is 12.3 Å². The summed E-state index contributed by atoms with van der Waals surface area (Å²) in [5.41, 5.74) is 7.19. The molecular formula is C9H8N. The Bertz CT molecular complexity index is 258. The smallest absolute Gasteiger partial charge is 0.0246 e.